The third kappa shape index (κ3) is 2.07. The van der Waals surface area contributed by atoms with Crippen LogP contribution in [0.5, 0.6) is 0 Å². The van der Waals surface area contributed by atoms with Crippen molar-refractivity contribution in [3.05, 3.63) is 35.5 Å². The molecule has 0 saturated carbocycles. The number of aromatic nitrogens is 1. The lowest BCUT2D eigenvalue weighted by molar-refractivity contribution is 0.0799. The minimum absolute atomic E-state index is 0.0415. The average molecular weight is 241 g/mol. The molecule has 1 aromatic carbocycles. The number of para-hydroxylation sites is 1. The molecule has 0 spiro atoms. The molecule has 2 rings (SSSR count). The summed E-state index contributed by atoms with van der Waals surface area (Å²) in [6.07, 6.45) is 0.351. The van der Waals surface area contributed by atoms with E-state index < -0.39 is 0 Å². The van der Waals surface area contributed by atoms with Gasteiger partial charge in [-0.1, -0.05) is 18.2 Å². The maximum atomic E-state index is 12.3. The molecule has 92 valence electrons. The Morgan fingerprint density at radius 2 is 2.17 bits per heavy atom. The molecule has 0 radical (unpaired) electrons. The van der Waals surface area contributed by atoms with E-state index in [-0.39, 0.29) is 5.91 Å². The van der Waals surface area contributed by atoms with Gasteiger partial charge in [0.05, 0.1) is 18.1 Å². The Morgan fingerprint density at radius 3 is 2.89 bits per heavy atom. The first kappa shape index (κ1) is 12.2. The van der Waals surface area contributed by atoms with Gasteiger partial charge in [-0.2, -0.15) is 5.26 Å². The molecular weight excluding hydrogens is 226 g/mol. The first-order valence-corrected chi connectivity index (χ1v) is 5.85. The van der Waals surface area contributed by atoms with Crippen LogP contribution < -0.4 is 0 Å². The third-order valence-electron chi connectivity index (χ3n) is 3.01. The molecule has 0 bridgehead atoms. The van der Waals surface area contributed by atoms with Crippen molar-refractivity contribution in [1.82, 2.24) is 9.88 Å². The molecule has 18 heavy (non-hydrogen) atoms. The second kappa shape index (κ2) is 4.92. The third-order valence-corrected chi connectivity index (χ3v) is 3.01. The van der Waals surface area contributed by atoms with Gasteiger partial charge in [0, 0.05) is 30.2 Å². The molecule has 0 aliphatic heterocycles. The van der Waals surface area contributed by atoms with Crippen molar-refractivity contribution in [2.45, 2.75) is 13.3 Å². The summed E-state index contributed by atoms with van der Waals surface area (Å²) in [5, 5.41) is 9.49. The normalized spacial score (nSPS) is 10.3. The number of benzene rings is 1. The fraction of sp³-hybridized carbons (Fsp3) is 0.286. The first-order chi connectivity index (χ1) is 8.65. The highest BCUT2D eigenvalue weighted by atomic mass is 16.2. The van der Waals surface area contributed by atoms with Crippen LogP contribution in [0.25, 0.3) is 10.9 Å². The van der Waals surface area contributed by atoms with Gasteiger partial charge in [0.1, 0.15) is 0 Å². The van der Waals surface area contributed by atoms with E-state index in [1.165, 1.54) is 0 Å². The molecule has 4 nitrogen and oxygen atoms in total. The second-order valence-corrected chi connectivity index (χ2v) is 4.31. The molecule has 0 aliphatic rings. The van der Waals surface area contributed by atoms with Crippen molar-refractivity contribution < 1.29 is 4.79 Å². The van der Waals surface area contributed by atoms with E-state index in [9.17, 15) is 4.79 Å². The number of fused-ring (bicyclic) bond motifs is 1. The molecule has 1 N–H and O–H groups in total. The van der Waals surface area contributed by atoms with Crippen molar-refractivity contribution >= 4 is 16.8 Å². The predicted octanol–water partition coefficient (Wildman–Crippen LogP) is 2.46. The van der Waals surface area contributed by atoms with Crippen LogP contribution in [0.4, 0.5) is 0 Å². The topological polar surface area (TPSA) is 59.9 Å². The van der Waals surface area contributed by atoms with Crippen LogP contribution >= 0.6 is 0 Å². The summed E-state index contributed by atoms with van der Waals surface area (Å²) in [5.41, 5.74) is 2.53. The zero-order chi connectivity index (χ0) is 13.1. The number of rotatable bonds is 3. The lowest BCUT2D eigenvalue weighted by Crippen LogP contribution is -2.27. The number of amides is 1. The Labute approximate surface area is 106 Å². The first-order valence-electron chi connectivity index (χ1n) is 5.85. The summed E-state index contributed by atoms with van der Waals surface area (Å²) in [4.78, 5) is 17.1. The summed E-state index contributed by atoms with van der Waals surface area (Å²) in [6.45, 7) is 2.35. The Balaban J connectivity index is 2.39. The molecule has 1 heterocycles. The van der Waals surface area contributed by atoms with Crippen molar-refractivity contribution in [3.63, 3.8) is 0 Å². The van der Waals surface area contributed by atoms with Gasteiger partial charge in [0.2, 0.25) is 0 Å². The average Bonchev–Trinajstić information content (AvgIpc) is 2.70. The Bertz CT molecular complexity index is 621. The highest BCUT2D eigenvalue weighted by molar-refractivity contribution is 6.08. The Kier molecular flexibility index (Phi) is 3.33. The molecule has 2 aromatic rings. The van der Waals surface area contributed by atoms with Gasteiger partial charge in [-0.05, 0) is 13.0 Å². The van der Waals surface area contributed by atoms with Gasteiger partial charge < -0.3 is 9.88 Å². The highest BCUT2D eigenvalue weighted by Crippen LogP contribution is 2.22. The van der Waals surface area contributed by atoms with E-state index in [1.54, 1.807) is 11.9 Å². The minimum atomic E-state index is -0.0415. The number of nitrogens with zero attached hydrogens (tertiary/aromatic N) is 2. The number of aryl methyl sites for hydroxylation is 1. The minimum Gasteiger partial charge on any atom is -0.358 e. The summed E-state index contributed by atoms with van der Waals surface area (Å²) in [7, 11) is 1.72. The number of hydrogen-bond donors (Lipinski definition) is 1. The lowest BCUT2D eigenvalue weighted by Gasteiger charge is -2.15. The van der Waals surface area contributed by atoms with Gasteiger partial charge in [0.25, 0.3) is 5.91 Å². The largest absolute Gasteiger partial charge is 0.358 e. The van der Waals surface area contributed by atoms with Crippen LogP contribution in [0, 0.1) is 18.3 Å². The summed E-state index contributed by atoms with van der Waals surface area (Å²) >= 11 is 0. The van der Waals surface area contributed by atoms with Gasteiger partial charge in [-0.25, -0.2) is 0 Å². The van der Waals surface area contributed by atoms with Crippen molar-refractivity contribution in [3.8, 4) is 6.07 Å². The quantitative estimate of drug-likeness (QED) is 0.897. The van der Waals surface area contributed by atoms with Crippen LogP contribution in [0.2, 0.25) is 0 Å². The maximum absolute atomic E-state index is 12.3. The Morgan fingerprint density at radius 1 is 1.44 bits per heavy atom. The van der Waals surface area contributed by atoms with Crippen LogP contribution in [0.15, 0.2) is 24.3 Å². The van der Waals surface area contributed by atoms with Crippen LogP contribution in [0.3, 0.4) is 0 Å². The number of carbonyl (C=O) groups is 1. The van der Waals surface area contributed by atoms with Crippen LogP contribution in [-0.4, -0.2) is 29.4 Å². The zero-order valence-electron chi connectivity index (χ0n) is 10.5. The smallest absolute Gasteiger partial charge is 0.256 e. The summed E-state index contributed by atoms with van der Waals surface area (Å²) < 4.78 is 0. The zero-order valence-corrected chi connectivity index (χ0v) is 10.5. The van der Waals surface area contributed by atoms with Gasteiger partial charge in [-0.15, -0.1) is 0 Å². The summed E-state index contributed by atoms with van der Waals surface area (Å²) in [5.74, 6) is -0.0415. The molecule has 1 aromatic heterocycles. The SMILES string of the molecule is Cc1[nH]c2ccccc2c1C(=O)N(C)CCC#N. The van der Waals surface area contributed by atoms with Gasteiger partial charge >= 0.3 is 0 Å². The molecule has 0 fully saturated rings. The van der Waals surface area contributed by atoms with Gasteiger partial charge in [0.15, 0.2) is 0 Å². The number of aromatic amines is 1. The predicted molar refractivity (Wildman–Crippen MR) is 70.2 cm³/mol. The number of carbonyl (C=O) groups excluding carboxylic acids is 1. The van der Waals surface area contributed by atoms with Crippen LogP contribution in [-0.2, 0) is 0 Å². The fourth-order valence-corrected chi connectivity index (χ4v) is 2.06. The highest BCUT2D eigenvalue weighted by Gasteiger charge is 2.18. The number of H-pyrrole nitrogens is 1. The van der Waals surface area contributed by atoms with Crippen LogP contribution in [0.1, 0.15) is 22.5 Å². The molecule has 0 aliphatic carbocycles. The molecule has 1 amide bonds. The van der Waals surface area contributed by atoms with E-state index in [0.717, 1.165) is 16.6 Å². The maximum Gasteiger partial charge on any atom is 0.256 e. The standard InChI is InChI=1S/C14H15N3O/c1-10-13(14(18)17(2)9-5-8-15)11-6-3-4-7-12(11)16-10/h3-4,6-7,16H,5,9H2,1-2H3. The number of hydrogen-bond acceptors (Lipinski definition) is 2. The van der Waals surface area contributed by atoms with E-state index >= 15 is 0 Å². The number of nitriles is 1. The molecule has 0 saturated heterocycles. The monoisotopic (exact) mass is 241 g/mol. The summed E-state index contributed by atoms with van der Waals surface area (Å²) in [6, 6.07) is 9.79. The van der Waals surface area contributed by atoms with E-state index in [0.29, 0.717) is 18.5 Å². The molecule has 0 unspecified atom stereocenters. The second-order valence-electron chi connectivity index (χ2n) is 4.31. The molecule has 0 atom stereocenters. The van der Waals surface area contributed by atoms with Gasteiger partial charge in [-0.3, -0.25) is 4.79 Å². The lowest BCUT2D eigenvalue weighted by atomic mass is 10.1. The number of nitrogens with one attached hydrogen (secondary N) is 1. The fourth-order valence-electron chi connectivity index (χ4n) is 2.06. The van der Waals surface area contributed by atoms with E-state index in [4.69, 9.17) is 5.26 Å². The van der Waals surface area contributed by atoms with Crippen molar-refractivity contribution in [2.24, 2.45) is 0 Å². The van der Waals surface area contributed by atoms with Crippen molar-refractivity contribution in [1.29, 1.82) is 5.26 Å². The van der Waals surface area contributed by atoms with E-state index in [2.05, 4.69) is 4.98 Å². The van der Waals surface area contributed by atoms with Crippen molar-refractivity contribution in [2.75, 3.05) is 13.6 Å². The Hall–Kier alpha value is -2.28. The van der Waals surface area contributed by atoms with E-state index in [1.807, 2.05) is 37.3 Å². The molecular formula is C14H15N3O. The molecule has 4 heteroatoms.